The molecule has 1 amide bonds. The van der Waals surface area contributed by atoms with E-state index in [4.69, 9.17) is 0 Å². The molecule has 2 N–H and O–H groups in total. The standard InChI is InChI=1S/C13H21N3O2S/c1-9(2)16-10(3)11(6-15-16)12(17)14-7-13(18)4-5-19-8-13/h6,9,18H,4-5,7-8H2,1-3H3,(H,14,17). The first-order valence-corrected chi connectivity index (χ1v) is 7.71. The minimum absolute atomic E-state index is 0.158. The van der Waals surface area contributed by atoms with E-state index >= 15 is 0 Å². The molecule has 0 aliphatic carbocycles. The van der Waals surface area contributed by atoms with Gasteiger partial charge in [-0.3, -0.25) is 9.48 Å². The Morgan fingerprint density at radius 1 is 1.68 bits per heavy atom. The fourth-order valence-corrected chi connectivity index (χ4v) is 3.54. The molecular formula is C13H21N3O2S. The Labute approximate surface area is 117 Å². The van der Waals surface area contributed by atoms with Crippen molar-refractivity contribution in [3.8, 4) is 0 Å². The smallest absolute Gasteiger partial charge is 0.254 e. The molecular weight excluding hydrogens is 262 g/mol. The number of nitrogens with zero attached hydrogens (tertiary/aromatic N) is 2. The number of aliphatic hydroxyl groups is 1. The second kappa shape index (κ2) is 5.54. The van der Waals surface area contributed by atoms with Gasteiger partial charge in [0.1, 0.15) is 0 Å². The van der Waals surface area contributed by atoms with Crippen molar-refractivity contribution in [2.45, 2.75) is 38.8 Å². The molecule has 106 valence electrons. The summed E-state index contributed by atoms with van der Waals surface area (Å²) in [6.07, 6.45) is 2.33. The zero-order chi connectivity index (χ0) is 14.0. The molecule has 1 atom stereocenters. The van der Waals surface area contributed by atoms with Crippen LogP contribution in [-0.4, -0.2) is 44.4 Å². The van der Waals surface area contributed by atoms with E-state index in [1.54, 1.807) is 18.0 Å². The van der Waals surface area contributed by atoms with Crippen LogP contribution in [0.25, 0.3) is 0 Å². The van der Waals surface area contributed by atoms with Crippen LogP contribution in [0.2, 0.25) is 0 Å². The predicted molar refractivity (Wildman–Crippen MR) is 76.6 cm³/mol. The van der Waals surface area contributed by atoms with Crippen LogP contribution in [0, 0.1) is 6.92 Å². The summed E-state index contributed by atoms with van der Waals surface area (Å²) < 4.78 is 1.83. The van der Waals surface area contributed by atoms with Crippen LogP contribution >= 0.6 is 11.8 Å². The normalized spacial score (nSPS) is 23.0. The maximum absolute atomic E-state index is 12.1. The van der Waals surface area contributed by atoms with Gasteiger partial charge in [0.15, 0.2) is 0 Å². The molecule has 0 spiro atoms. The van der Waals surface area contributed by atoms with Gasteiger partial charge < -0.3 is 10.4 Å². The number of hydrogen-bond donors (Lipinski definition) is 2. The van der Waals surface area contributed by atoms with Crippen molar-refractivity contribution >= 4 is 17.7 Å². The molecule has 1 aliphatic rings. The Kier molecular flexibility index (Phi) is 4.20. The molecule has 0 radical (unpaired) electrons. The Balaban J connectivity index is 2.00. The van der Waals surface area contributed by atoms with Crippen molar-refractivity contribution < 1.29 is 9.90 Å². The van der Waals surface area contributed by atoms with Gasteiger partial charge in [-0.15, -0.1) is 0 Å². The van der Waals surface area contributed by atoms with E-state index in [2.05, 4.69) is 10.4 Å². The molecule has 1 aromatic rings. The van der Waals surface area contributed by atoms with E-state index in [1.807, 2.05) is 25.5 Å². The lowest BCUT2D eigenvalue weighted by molar-refractivity contribution is 0.0612. The molecule has 19 heavy (non-hydrogen) atoms. The lowest BCUT2D eigenvalue weighted by atomic mass is 10.0. The molecule has 0 bridgehead atoms. The van der Waals surface area contributed by atoms with Gasteiger partial charge >= 0.3 is 0 Å². The number of rotatable bonds is 4. The quantitative estimate of drug-likeness (QED) is 0.876. The van der Waals surface area contributed by atoms with Gasteiger partial charge in [0.25, 0.3) is 5.91 Å². The van der Waals surface area contributed by atoms with Crippen LogP contribution in [0.4, 0.5) is 0 Å². The number of carbonyl (C=O) groups excluding carboxylic acids is 1. The number of nitrogens with one attached hydrogen (secondary N) is 1. The third kappa shape index (κ3) is 3.12. The van der Waals surface area contributed by atoms with Crippen LogP contribution in [0.15, 0.2) is 6.20 Å². The summed E-state index contributed by atoms with van der Waals surface area (Å²) in [6.45, 7) is 6.26. The van der Waals surface area contributed by atoms with Crippen molar-refractivity contribution in [1.29, 1.82) is 0 Å². The summed E-state index contributed by atoms with van der Waals surface area (Å²) in [5.74, 6) is 1.49. The molecule has 1 fully saturated rings. The monoisotopic (exact) mass is 283 g/mol. The summed E-state index contributed by atoms with van der Waals surface area (Å²) in [4.78, 5) is 12.1. The summed E-state index contributed by atoms with van der Waals surface area (Å²) in [5.41, 5.74) is 0.700. The molecule has 6 heteroatoms. The number of carbonyl (C=O) groups is 1. The van der Waals surface area contributed by atoms with Crippen molar-refractivity contribution in [2.75, 3.05) is 18.1 Å². The highest BCUT2D eigenvalue weighted by molar-refractivity contribution is 7.99. The number of thioether (sulfide) groups is 1. The fraction of sp³-hybridized carbons (Fsp3) is 0.692. The Morgan fingerprint density at radius 2 is 2.42 bits per heavy atom. The molecule has 1 unspecified atom stereocenters. The maximum atomic E-state index is 12.1. The highest BCUT2D eigenvalue weighted by atomic mass is 32.2. The average molecular weight is 283 g/mol. The summed E-state index contributed by atoms with van der Waals surface area (Å²) in [7, 11) is 0. The second-order valence-electron chi connectivity index (χ2n) is 5.39. The van der Waals surface area contributed by atoms with Gasteiger partial charge in [0.2, 0.25) is 0 Å². The van der Waals surface area contributed by atoms with Gasteiger partial charge in [-0.05, 0) is 32.9 Å². The van der Waals surface area contributed by atoms with Crippen LogP contribution < -0.4 is 5.32 Å². The topological polar surface area (TPSA) is 67.2 Å². The predicted octanol–water partition coefficient (Wildman–Crippen LogP) is 1.37. The molecule has 1 aliphatic heterocycles. The van der Waals surface area contributed by atoms with Crippen molar-refractivity contribution in [2.24, 2.45) is 0 Å². The first-order valence-electron chi connectivity index (χ1n) is 6.55. The van der Waals surface area contributed by atoms with Crippen molar-refractivity contribution in [3.05, 3.63) is 17.5 Å². The van der Waals surface area contributed by atoms with Crippen LogP contribution in [0.1, 0.15) is 42.4 Å². The van der Waals surface area contributed by atoms with Crippen molar-refractivity contribution in [1.82, 2.24) is 15.1 Å². The molecule has 0 aromatic carbocycles. The van der Waals surface area contributed by atoms with Crippen LogP contribution in [-0.2, 0) is 0 Å². The summed E-state index contributed by atoms with van der Waals surface area (Å²) in [6, 6.07) is 0.233. The summed E-state index contributed by atoms with van der Waals surface area (Å²) >= 11 is 1.72. The van der Waals surface area contributed by atoms with E-state index in [-0.39, 0.29) is 11.9 Å². The number of hydrogen-bond acceptors (Lipinski definition) is 4. The molecule has 1 saturated heterocycles. The lowest BCUT2D eigenvalue weighted by Crippen LogP contribution is -2.43. The van der Waals surface area contributed by atoms with E-state index < -0.39 is 5.60 Å². The first-order chi connectivity index (χ1) is 8.93. The Morgan fingerprint density at radius 3 is 2.95 bits per heavy atom. The highest BCUT2D eigenvalue weighted by Gasteiger charge is 2.32. The average Bonchev–Trinajstić information content (AvgIpc) is 2.93. The third-order valence-electron chi connectivity index (χ3n) is 3.44. The Hall–Kier alpha value is -1.01. The van der Waals surface area contributed by atoms with E-state index in [0.29, 0.717) is 17.9 Å². The second-order valence-corrected chi connectivity index (χ2v) is 6.50. The third-order valence-corrected chi connectivity index (χ3v) is 4.67. The van der Waals surface area contributed by atoms with E-state index in [9.17, 15) is 9.90 Å². The number of amides is 1. The van der Waals surface area contributed by atoms with Gasteiger partial charge in [-0.2, -0.15) is 16.9 Å². The summed E-state index contributed by atoms with van der Waals surface area (Å²) in [5, 5.41) is 17.2. The minimum Gasteiger partial charge on any atom is -0.387 e. The Bertz CT molecular complexity index is 464. The van der Waals surface area contributed by atoms with E-state index in [1.165, 1.54) is 0 Å². The zero-order valence-corrected chi connectivity index (χ0v) is 12.5. The maximum Gasteiger partial charge on any atom is 0.254 e. The van der Waals surface area contributed by atoms with Gasteiger partial charge in [0, 0.05) is 24.0 Å². The van der Waals surface area contributed by atoms with Gasteiger partial charge in [0.05, 0.1) is 17.4 Å². The fourth-order valence-electron chi connectivity index (χ4n) is 2.24. The van der Waals surface area contributed by atoms with Crippen molar-refractivity contribution in [3.63, 3.8) is 0 Å². The highest BCUT2D eigenvalue weighted by Crippen LogP contribution is 2.27. The molecule has 5 nitrogen and oxygen atoms in total. The van der Waals surface area contributed by atoms with Crippen LogP contribution in [0.5, 0.6) is 0 Å². The minimum atomic E-state index is -0.748. The van der Waals surface area contributed by atoms with Gasteiger partial charge in [-0.1, -0.05) is 0 Å². The molecule has 2 heterocycles. The lowest BCUT2D eigenvalue weighted by Gasteiger charge is -2.21. The van der Waals surface area contributed by atoms with Gasteiger partial charge in [-0.25, -0.2) is 0 Å². The van der Waals surface area contributed by atoms with E-state index in [0.717, 1.165) is 17.9 Å². The SMILES string of the molecule is Cc1c(C(=O)NCC2(O)CCSC2)cnn1C(C)C. The zero-order valence-electron chi connectivity index (χ0n) is 11.6. The molecule has 1 aromatic heterocycles. The molecule has 2 rings (SSSR count). The largest absolute Gasteiger partial charge is 0.387 e. The number of aromatic nitrogens is 2. The first kappa shape index (κ1) is 14.4. The molecule has 0 saturated carbocycles. The van der Waals surface area contributed by atoms with Crippen LogP contribution in [0.3, 0.4) is 0 Å².